The van der Waals surface area contributed by atoms with Gasteiger partial charge in [0.2, 0.25) is 5.91 Å². The van der Waals surface area contributed by atoms with Gasteiger partial charge in [-0.15, -0.1) is 0 Å². The lowest BCUT2D eigenvalue weighted by Crippen LogP contribution is -2.49. The number of benzene rings is 1. The zero-order chi connectivity index (χ0) is 21.2. The van der Waals surface area contributed by atoms with E-state index in [-0.39, 0.29) is 5.91 Å². The number of nitrogens with one attached hydrogen (secondary N) is 2. The molecule has 0 atom stereocenters. The highest BCUT2D eigenvalue weighted by Gasteiger charge is 2.19. The van der Waals surface area contributed by atoms with E-state index in [1.807, 2.05) is 12.1 Å². The number of rotatable bonds is 8. The van der Waals surface area contributed by atoms with Gasteiger partial charge in [-0.3, -0.25) is 24.7 Å². The number of thioether (sulfide) groups is 1. The summed E-state index contributed by atoms with van der Waals surface area (Å²) in [4.78, 5) is 32.4. The van der Waals surface area contributed by atoms with E-state index in [1.54, 1.807) is 42.1 Å². The van der Waals surface area contributed by atoms with E-state index in [9.17, 15) is 9.59 Å². The van der Waals surface area contributed by atoms with E-state index in [1.165, 1.54) is 0 Å². The van der Waals surface area contributed by atoms with Crippen LogP contribution in [0.15, 0.2) is 53.7 Å². The lowest BCUT2D eigenvalue weighted by atomic mass is 10.2. The molecule has 10 heteroatoms. The molecule has 2 heterocycles. The smallest absolute Gasteiger partial charge is 0.307 e. The number of pyridine rings is 1. The highest BCUT2D eigenvalue weighted by molar-refractivity contribution is 8.13. The van der Waals surface area contributed by atoms with Crippen molar-refractivity contribution in [1.82, 2.24) is 20.7 Å². The Hall–Kier alpha value is -2.82. The van der Waals surface area contributed by atoms with E-state index in [4.69, 9.17) is 9.94 Å². The number of amides is 2. The zero-order valence-electron chi connectivity index (χ0n) is 16.5. The first-order valence-electron chi connectivity index (χ1n) is 9.63. The average molecular weight is 432 g/mol. The van der Waals surface area contributed by atoms with Crippen LogP contribution in [-0.2, 0) is 4.79 Å². The SMILES string of the molecule is O=C(CN1CCN(c2ccncc2)CC1)NCCOc1ccc(SC(=O)NO)cc1. The second-order valence-electron chi connectivity index (χ2n) is 6.64. The Labute approximate surface area is 179 Å². The van der Waals surface area contributed by atoms with Crippen LogP contribution in [0.25, 0.3) is 0 Å². The minimum Gasteiger partial charge on any atom is -0.492 e. The number of aromatic nitrogens is 1. The zero-order valence-corrected chi connectivity index (χ0v) is 17.3. The summed E-state index contributed by atoms with van der Waals surface area (Å²) in [6, 6.07) is 10.9. The molecule has 9 nitrogen and oxygen atoms in total. The number of carbonyl (C=O) groups excluding carboxylic acids is 2. The van der Waals surface area contributed by atoms with Crippen molar-refractivity contribution in [1.29, 1.82) is 0 Å². The molecule has 2 aromatic rings. The standard InChI is InChI=1S/C20H25N5O4S/c26-19(15-24-10-12-25(13-11-24)16-5-7-21-8-6-16)22-9-14-29-17-1-3-18(4-2-17)30-20(27)23-28/h1-8,28H,9-15H2,(H,22,26)(H,23,27). The summed E-state index contributed by atoms with van der Waals surface area (Å²) in [5, 5.41) is 10.8. The van der Waals surface area contributed by atoms with Gasteiger partial charge in [-0.2, -0.15) is 0 Å². The minimum absolute atomic E-state index is 0.0160. The highest BCUT2D eigenvalue weighted by atomic mass is 32.2. The number of hydrogen-bond donors (Lipinski definition) is 3. The first-order valence-corrected chi connectivity index (χ1v) is 10.4. The minimum atomic E-state index is -0.551. The molecule has 1 aliphatic rings. The van der Waals surface area contributed by atoms with Crippen LogP contribution < -0.4 is 20.4 Å². The van der Waals surface area contributed by atoms with Crippen LogP contribution in [0.1, 0.15) is 0 Å². The van der Waals surface area contributed by atoms with Crippen molar-refractivity contribution >= 4 is 28.6 Å². The summed E-state index contributed by atoms with van der Waals surface area (Å²) < 4.78 is 5.60. The first kappa shape index (κ1) is 21.9. The van der Waals surface area contributed by atoms with Crippen molar-refractivity contribution in [3.05, 3.63) is 48.8 Å². The van der Waals surface area contributed by atoms with Crippen LogP contribution in [0.5, 0.6) is 5.75 Å². The van der Waals surface area contributed by atoms with Gasteiger partial charge in [0, 0.05) is 49.2 Å². The van der Waals surface area contributed by atoms with Crippen molar-refractivity contribution in [3.8, 4) is 5.75 Å². The van der Waals surface area contributed by atoms with E-state index >= 15 is 0 Å². The third-order valence-electron chi connectivity index (χ3n) is 4.59. The Bertz CT molecular complexity index is 814. The molecule has 1 fully saturated rings. The molecule has 3 N–H and O–H groups in total. The van der Waals surface area contributed by atoms with Gasteiger partial charge in [0.05, 0.1) is 13.1 Å². The number of ether oxygens (including phenoxy) is 1. The third kappa shape index (κ3) is 6.90. The summed E-state index contributed by atoms with van der Waals surface area (Å²) in [5.41, 5.74) is 2.73. The van der Waals surface area contributed by atoms with Crippen LogP contribution in [0.4, 0.5) is 10.5 Å². The van der Waals surface area contributed by atoms with Gasteiger partial charge in [-0.05, 0) is 48.2 Å². The van der Waals surface area contributed by atoms with Gasteiger partial charge in [0.15, 0.2) is 0 Å². The molecule has 0 bridgehead atoms. The van der Waals surface area contributed by atoms with Crippen molar-refractivity contribution < 1.29 is 19.5 Å². The number of piperazine rings is 1. The van der Waals surface area contributed by atoms with Crippen LogP contribution in [0, 0.1) is 0 Å². The second-order valence-corrected chi connectivity index (χ2v) is 7.69. The van der Waals surface area contributed by atoms with Crippen molar-refractivity contribution in [2.24, 2.45) is 0 Å². The maximum atomic E-state index is 12.2. The highest BCUT2D eigenvalue weighted by Crippen LogP contribution is 2.21. The quantitative estimate of drug-likeness (QED) is 0.250. The predicted molar refractivity (Wildman–Crippen MR) is 114 cm³/mol. The number of nitrogens with zero attached hydrogens (tertiary/aromatic N) is 3. The number of hydroxylamine groups is 1. The van der Waals surface area contributed by atoms with E-state index in [0.29, 0.717) is 30.3 Å². The molecule has 2 amide bonds. The van der Waals surface area contributed by atoms with Crippen LogP contribution in [0.2, 0.25) is 0 Å². The Morgan fingerprint density at radius 1 is 1.07 bits per heavy atom. The van der Waals surface area contributed by atoms with Crippen molar-refractivity contribution in [2.75, 3.05) is 50.8 Å². The molecule has 0 saturated carbocycles. The molecule has 3 rings (SSSR count). The fraction of sp³-hybridized carbons (Fsp3) is 0.350. The van der Waals surface area contributed by atoms with Crippen molar-refractivity contribution in [3.63, 3.8) is 0 Å². The van der Waals surface area contributed by atoms with Crippen LogP contribution in [0.3, 0.4) is 0 Å². The van der Waals surface area contributed by atoms with E-state index < -0.39 is 5.24 Å². The Balaban J connectivity index is 1.29. The molecular formula is C20H25N5O4S. The molecular weight excluding hydrogens is 406 g/mol. The van der Waals surface area contributed by atoms with Gasteiger partial charge in [0.25, 0.3) is 0 Å². The Morgan fingerprint density at radius 2 is 1.77 bits per heavy atom. The van der Waals surface area contributed by atoms with Gasteiger partial charge >= 0.3 is 5.24 Å². The summed E-state index contributed by atoms with van der Waals surface area (Å²) in [6.45, 7) is 4.59. The molecule has 1 saturated heterocycles. The van der Waals surface area contributed by atoms with E-state index in [2.05, 4.69) is 20.1 Å². The van der Waals surface area contributed by atoms with Crippen LogP contribution >= 0.6 is 11.8 Å². The Kier molecular flexibility index (Phi) is 8.30. The first-order chi connectivity index (χ1) is 14.6. The summed E-state index contributed by atoms with van der Waals surface area (Å²) >= 11 is 0.877. The number of anilines is 1. The molecule has 1 aliphatic heterocycles. The summed E-state index contributed by atoms with van der Waals surface area (Å²) in [6.07, 6.45) is 3.58. The largest absolute Gasteiger partial charge is 0.492 e. The fourth-order valence-corrected chi connectivity index (χ4v) is 3.60. The molecule has 0 aliphatic carbocycles. The number of hydrogen-bond acceptors (Lipinski definition) is 8. The maximum Gasteiger partial charge on any atom is 0.307 e. The third-order valence-corrected chi connectivity index (χ3v) is 5.37. The summed E-state index contributed by atoms with van der Waals surface area (Å²) in [5.74, 6) is 0.628. The summed E-state index contributed by atoms with van der Waals surface area (Å²) in [7, 11) is 0. The Morgan fingerprint density at radius 3 is 2.43 bits per heavy atom. The van der Waals surface area contributed by atoms with Crippen molar-refractivity contribution in [2.45, 2.75) is 4.90 Å². The normalized spacial score (nSPS) is 14.2. The molecule has 1 aromatic heterocycles. The molecule has 0 radical (unpaired) electrons. The van der Waals surface area contributed by atoms with E-state index in [0.717, 1.165) is 43.6 Å². The topological polar surface area (TPSA) is 107 Å². The average Bonchev–Trinajstić information content (AvgIpc) is 2.79. The molecule has 0 spiro atoms. The van der Waals surface area contributed by atoms with Gasteiger partial charge in [-0.1, -0.05) is 0 Å². The molecule has 30 heavy (non-hydrogen) atoms. The maximum absolute atomic E-state index is 12.2. The lowest BCUT2D eigenvalue weighted by molar-refractivity contribution is -0.122. The molecule has 1 aromatic carbocycles. The molecule has 160 valence electrons. The van der Waals surface area contributed by atoms with Gasteiger partial charge in [0.1, 0.15) is 12.4 Å². The predicted octanol–water partition coefficient (Wildman–Crippen LogP) is 1.59. The second kappa shape index (κ2) is 11.4. The van der Waals surface area contributed by atoms with Gasteiger partial charge in [-0.25, -0.2) is 5.48 Å². The number of carbonyl (C=O) groups is 2. The monoisotopic (exact) mass is 431 g/mol. The molecule has 0 unspecified atom stereocenters. The van der Waals surface area contributed by atoms with Gasteiger partial charge < -0.3 is 15.0 Å². The van der Waals surface area contributed by atoms with Crippen LogP contribution in [-0.4, -0.2) is 72.1 Å². The fourth-order valence-electron chi connectivity index (χ4n) is 3.07. The lowest BCUT2D eigenvalue weighted by Gasteiger charge is -2.35.